The number of anilines is 1. The Morgan fingerprint density at radius 1 is 0.786 bits per heavy atom. The maximum Gasteiger partial charge on any atom is 0.264 e. The molecule has 1 atom stereocenters. The molecule has 0 fully saturated rings. The lowest BCUT2D eigenvalue weighted by molar-refractivity contribution is -0.139. The minimum Gasteiger partial charge on any atom is -0.357 e. The number of likely N-dealkylation sites (N-methyl/N-ethyl adjacent to an activating group) is 1. The molecule has 0 aliphatic carbocycles. The molecule has 0 aliphatic heterocycles. The third-order valence-corrected chi connectivity index (χ3v) is 9.02. The largest absolute Gasteiger partial charge is 0.357 e. The van der Waals surface area contributed by atoms with E-state index in [4.69, 9.17) is 0 Å². The summed E-state index contributed by atoms with van der Waals surface area (Å²) in [7, 11) is -2.59. The van der Waals surface area contributed by atoms with E-state index >= 15 is 0 Å². The average Bonchev–Trinajstić information content (AvgIpc) is 3.02. The monoisotopic (exact) mass is 583 g/mol. The summed E-state index contributed by atoms with van der Waals surface area (Å²) in [4.78, 5) is 29.3. The van der Waals surface area contributed by atoms with Crippen LogP contribution in [0.2, 0.25) is 0 Å². The fourth-order valence-electron chi connectivity index (χ4n) is 4.90. The Kier molecular flexibility index (Phi) is 10.1. The molecule has 7 nitrogen and oxygen atoms in total. The first kappa shape index (κ1) is 30.5. The number of para-hydroxylation sites is 1. The molecule has 0 bridgehead atoms. The predicted molar refractivity (Wildman–Crippen MR) is 167 cm³/mol. The summed E-state index contributed by atoms with van der Waals surface area (Å²) in [6, 6.07) is 31.8. The molecule has 4 rings (SSSR count). The van der Waals surface area contributed by atoms with E-state index in [1.165, 1.54) is 16.3 Å². The van der Waals surface area contributed by atoms with E-state index in [-0.39, 0.29) is 23.8 Å². The highest BCUT2D eigenvalue weighted by Gasteiger charge is 2.34. The van der Waals surface area contributed by atoms with Gasteiger partial charge in [0.05, 0.1) is 10.6 Å². The van der Waals surface area contributed by atoms with Crippen LogP contribution < -0.4 is 9.62 Å². The van der Waals surface area contributed by atoms with Gasteiger partial charge in [0.15, 0.2) is 0 Å². The van der Waals surface area contributed by atoms with Gasteiger partial charge in [-0.3, -0.25) is 13.9 Å². The number of hydrogen-bond donors (Lipinski definition) is 1. The molecule has 1 N–H and O–H groups in total. The van der Waals surface area contributed by atoms with Crippen molar-refractivity contribution in [1.82, 2.24) is 10.2 Å². The lowest BCUT2D eigenvalue weighted by atomic mass is 10.0. The number of carbonyl (C=O) groups excluding carboxylic acids is 2. The molecule has 0 aromatic heterocycles. The summed E-state index contributed by atoms with van der Waals surface area (Å²) in [6.45, 7) is 3.50. The van der Waals surface area contributed by atoms with Crippen molar-refractivity contribution in [2.24, 2.45) is 0 Å². The van der Waals surface area contributed by atoms with Crippen LogP contribution in [0.4, 0.5) is 5.69 Å². The molecule has 8 heteroatoms. The summed E-state index contributed by atoms with van der Waals surface area (Å²) in [5, 5.41) is 2.71. The third-order valence-electron chi connectivity index (χ3n) is 7.24. The predicted octanol–water partition coefficient (Wildman–Crippen LogP) is 5.14. The molecule has 0 aliphatic rings. The fourth-order valence-corrected chi connectivity index (χ4v) is 6.36. The van der Waals surface area contributed by atoms with Crippen molar-refractivity contribution < 1.29 is 18.0 Å². The van der Waals surface area contributed by atoms with E-state index in [0.29, 0.717) is 12.1 Å². The van der Waals surface area contributed by atoms with Gasteiger partial charge in [-0.05, 0) is 48.2 Å². The second kappa shape index (κ2) is 14.0. The Morgan fingerprint density at radius 3 is 1.95 bits per heavy atom. The molecule has 218 valence electrons. The van der Waals surface area contributed by atoms with Crippen LogP contribution in [0.5, 0.6) is 0 Å². The Balaban J connectivity index is 1.80. The van der Waals surface area contributed by atoms with E-state index in [2.05, 4.69) is 5.32 Å². The number of amides is 2. The van der Waals surface area contributed by atoms with Gasteiger partial charge in [-0.25, -0.2) is 8.42 Å². The molecule has 0 saturated heterocycles. The van der Waals surface area contributed by atoms with E-state index < -0.39 is 28.5 Å². The quantitative estimate of drug-likeness (QED) is 0.250. The average molecular weight is 584 g/mol. The molecule has 0 spiro atoms. The van der Waals surface area contributed by atoms with E-state index in [1.807, 2.05) is 86.6 Å². The van der Waals surface area contributed by atoms with Gasteiger partial charge in [-0.15, -0.1) is 0 Å². The first-order valence-electron chi connectivity index (χ1n) is 14.0. The Labute approximate surface area is 248 Å². The van der Waals surface area contributed by atoms with Crippen molar-refractivity contribution in [2.45, 2.75) is 44.2 Å². The van der Waals surface area contributed by atoms with Crippen LogP contribution in [0.15, 0.2) is 114 Å². The van der Waals surface area contributed by atoms with Crippen LogP contribution in [0.25, 0.3) is 0 Å². The molecule has 42 heavy (non-hydrogen) atoms. The molecule has 2 amide bonds. The summed E-state index contributed by atoms with van der Waals surface area (Å²) in [5.74, 6) is -0.810. The van der Waals surface area contributed by atoms with E-state index in [0.717, 1.165) is 22.3 Å². The lowest BCUT2D eigenvalue weighted by Gasteiger charge is -2.34. The van der Waals surface area contributed by atoms with Gasteiger partial charge < -0.3 is 10.2 Å². The second-order valence-electron chi connectivity index (χ2n) is 10.1. The molecule has 0 radical (unpaired) electrons. The van der Waals surface area contributed by atoms with Gasteiger partial charge in [0, 0.05) is 20.0 Å². The number of hydrogen-bond acceptors (Lipinski definition) is 4. The number of sulfonamides is 1. The molecule has 0 saturated carbocycles. The lowest BCUT2D eigenvalue weighted by Crippen LogP contribution is -2.53. The van der Waals surface area contributed by atoms with Gasteiger partial charge in [-0.1, -0.05) is 103 Å². The first-order chi connectivity index (χ1) is 20.2. The first-order valence-corrected chi connectivity index (χ1v) is 15.4. The standard InChI is InChI=1S/C34H37N3O4S/c1-4-29-17-11-12-18-31(29)37(42(40,41)30-21-19-26(2)20-22-30)25-33(38)36(24-28-15-9-6-10-16-28)32(34(39)35-3)23-27-13-7-5-8-14-27/h5-22,32H,4,23-25H2,1-3H3,(H,35,39)/t32-/m1/s1. The molecule has 4 aromatic carbocycles. The van der Waals surface area contributed by atoms with E-state index in [1.54, 1.807) is 36.4 Å². The van der Waals surface area contributed by atoms with Crippen LogP contribution in [0.1, 0.15) is 29.2 Å². The second-order valence-corrected chi connectivity index (χ2v) is 12.0. The zero-order valence-corrected chi connectivity index (χ0v) is 25.1. The normalized spacial score (nSPS) is 11.9. The van der Waals surface area contributed by atoms with Crippen molar-refractivity contribution in [1.29, 1.82) is 0 Å². The van der Waals surface area contributed by atoms with Crippen LogP contribution in [-0.2, 0) is 39.0 Å². The van der Waals surface area contributed by atoms with Crippen molar-refractivity contribution >= 4 is 27.5 Å². The maximum absolute atomic E-state index is 14.4. The Bertz CT molecular complexity index is 1590. The van der Waals surface area contributed by atoms with Crippen molar-refractivity contribution in [3.8, 4) is 0 Å². The van der Waals surface area contributed by atoms with Gasteiger partial charge in [-0.2, -0.15) is 0 Å². The van der Waals surface area contributed by atoms with Crippen LogP contribution in [0, 0.1) is 6.92 Å². The molecule has 4 aromatic rings. The summed E-state index contributed by atoms with van der Waals surface area (Å²) < 4.78 is 29.5. The summed E-state index contributed by atoms with van der Waals surface area (Å²) in [6.07, 6.45) is 0.849. The highest BCUT2D eigenvalue weighted by Crippen LogP contribution is 2.28. The zero-order chi connectivity index (χ0) is 30.1. The van der Waals surface area contributed by atoms with Crippen molar-refractivity contribution in [3.63, 3.8) is 0 Å². The van der Waals surface area contributed by atoms with Crippen LogP contribution in [0.3, 0.4) is 0 Å². The molecule has 0 unspecified atom stereocenters. The van der Waals surface area contributed by atoms with E-state index in [9.17, 15) is 18.0 Å². The molecular weight excluding hydrogens is 546 g/mol. The van der Waals surface area contributed by atoms with Crippen molar-refractivity contribution in [3.05, 3.63) is 131 Å². The van der Waals surface area contributed by atoms with Crippen LogP contribution >= 0.6 is 0 Å². The number of nitrogens with one attached hydrogen (secondary N) is 1. The molecule has 0 heterocycles. The number of aryl methyl sites for hydroxylation is 2. The zero-order valence-electron chi connectivity index (χ0n) is 24.2. The number of rotatable bonds is 12. The smallest absolute Gasteiger partial charge is 0.264 e. The minimum absolute atomic E-state index is 0.0913. The van der Waals surface area contributed by atoms with Gasteiger partial charge in [0.2, 0.25) is 11.8 Å². The maximum atomic E-state index is 14.4. The highest BCUT2D eigenvalue weighted by atomic mass is 32.2. The summed E-state index contributed by atoms with van der Waals surface area (Å²) >= 11 is 0. The third kappa shape index (κ3) is 7.25. The topological polar surface area (TPSA) is 86.8 Å². The number of benzene rings is 4. The fraction of sp³-hybridized carbons (Fsp3) is 0.235. The minimum atomic E-state index is -4.13. The van der Waals surface area contributed by atoms with Crippen molar-refractivity contribution in [2.75, 3.05) is 17.9 Å². The number of carbonyl (C=O) groups is 2. The SMILES string of the molecule is CCc1ccccc1N(CC(=O)N(Cc1ccccc1)[C@H](Cc1ccccc1)C(=O)NC)S(=O)(=O)c1ccc(C)cc1. The number of nitrogens with zero attached hydrogens (tertiary/aromatic N) is 2. The van der Waals surface area contributed by atoms with Gasteiger partial charge in [0.25, 0.3) is 10.0 Å². The Hall–Kier alpha value is -4.43. The molecular formula is C34H37N3O4S. The highest BCUT2D eigenvalue weighted by molar-refractivity contribution is 7.92. The van der Waals surface area contributed by atoms with Crippen LogP contribution in [-0.4, -0.2) is 44.8 Å². The van der Waals surface area contributed by atoms with Gasteiger partial charge >= 0.3 is 0 Å². The Morgan fingerprint density at radius 2 is 1.36 bits per heavy atom. The van der Waals surface area contributed by atoms with Gasteiger partial charge in [0.1, 0.15) is 12.6 Å². The summed E-state index contributed by atoms with van der Waals surface area (Å²) in [5.41, 5.74) is 3.87.